The smallest absolute Gasteiger partial charge is 0.0641 e. The van der Waals surface area contributed by atoms with Gasteiger partial charge < -0.3 is 0 Å². The van der Waals surface area contributed by atoms with E-state index in [0.29, 0.717) is 17.3 Å². The molecule has 3 atom stereocenters. The van der Waals surface area contributed by atoms with E-state index < -0.39 is 0 Å². The maximum absolute atomic E-state index is 5.70. The van der Waals surface area contributed by atoms with Gasteiger partial charge in [0.2, 0.25) is 0 Å². The van der Waals surface area contributed by atoms with Crippen molar-refractivity contribution in [3.05, 3.63) is 18.0 Å². The number of hydrazine groups is 1. The Morgan fingerprint density at radius 1 is 1.67 bits per heavy atom. The normalized spacial score (nSPS) is 23.2. The fraction of sp³-hybridized carbons (Fsp3) is 0.769. The molecular formula is C13H24N4S. The van der Waals surface area contributed by atoms with Gasteiger partial charge in [0.1, 0.15) is 0 Å². The lowest BCUT2D eigenvalue weighted by Gasteiger charge is -2.20. The maximum atomic E-state index is 5.70. The summed E-state index contributed by atoms with van der Waals surface area (Å²) < 4.78 is 2.06. The molecule has 0 saturated carbocycles. The van der Waals surface area contributed by atoms with Gasteiger partial charge in [-0.1, -0.05) is 6.92 Å². The number of aromatic nitrogens is 2. The fourth-order valence-electron chi connectivity index (χ4n) is 2.36. The molecule has 0 spiro atoms. The number of nitrogens with zero attached hydrogens (tertiary/aromatic N) is 2. The van der Waals surface area contributed by atoms with Crippen LogP contribution in [0, 0.1) is 0 Å². The third kappa shape index (κ3) is 3.28. The van der Waals surface area contributed by atoms with E-state index in [9.17, 15) is 0 Å². The highest BCUT2D eigenvalue weighted by atomic mass is 32.2. The number of thioether (sulfide) groups is 1. The highest BCUT2D eigenvalue weighted by Gasteiger charge is 2.25. The summed E-state index contributed by atoms with van der Waals surface area (Å²) in [5.74, 6) is 6.96. The summed E-state index contributed by atoms with van der Waals surface area (Å²) in [5.41, 5.74) is 4.12. The topological polar surface area (TPSA) is 55.9 Å². The van der Waals surface area contributed by atoms with Crippen LogP contribution in [0.1, 0.15) is 44.8 Å². The van der Waals surface area contributed by atoms with Gasteiger partial charge in [0.25, 0.3) is 0 Å². The maximum Gasteiger partial charge on any atom is 0.0641 e. The van der Waals surface area contributed by atoms with Gasteiger partial charge in [0, 0.05) is 30.0 Å². The molecule has 0 radical (unpaired) electrons. The first-order valence-electron chi connectivity index (χ1n) is 6.86. The van der Waals surface area contributed by atoms with Crippen molar-refractivity contribution in [2.24, 2.45) is 5.84 Å². The van der Waals surface area contributed by atoms with Gasteiger partial charge in [-0.15, -0.1) is 0 Å². The van der Waals surface area contributed by atoms with E-state index in [1.165, 1.54) is 18.6 Å². The molecule has 1 aliphatic rings. The summed E-state index contributed by atoms with van der Waals surface area (Å²) in [6.45, 7) is 4.38. The third-order valence-electron chi connectivity index (χ3n) is 3.76. The Morgan fingerprint density at radius 2 is 2.50 bits per heavy atom. The quantitative estimate of drug-likeness (QED) is 0.613. The van der Waals surface area contributed by atoms with E-state index >= 15 is 0 Å². The predicted octanol–water partition coefficient (Wildman–Crippen LogP) is 2.12. The lowest BCUT2D eigenvalue weighted by Crippen LogP contribution is -2.43. The Labute approximate surface area is 114 Å². The molecule has 0 aromatic carbocycles. The van der Waals surface area contributed by atoms with E-state index in [1.54, 1.807) is 0 Å². The molecule has 5 heteroatoms. The Bertz CT molecular complexity index is 360. The van der Waals surface area contributed by atoms with Crippen LogP contribution in [0.2, 0.25) is 0 Å². The fourth-order valence-corrected chi connectivity index (χ4v) is 3.74. The minimum atomic E-state index is 0.345. The zero-order valence-corrected chi connectivity index (χ0v) is 12.1. The molecule has 1 aromatic heterocycles. The monoisotopic (exact) mass is 268 g/mol. The van der Waals surface area contributed by atoms with Crippen LogP contribution in [0.3, 0.4) is 0 Å². The molecule has 4 nitrogen and oxygen atoms in total. The summed E-state index contributed by atoms with van der Waals surface area (Å²) in [7, 11) is 0. The lowest BCUT2D eigenvalue weighted by atomic mass is 10.1. The van der Waals surface area contributed by atoms with Crippen LogP contribution in [-0.4, -0.2) is 26.8 Å². The minimum Gasteiger partial charge on any atom is -0.271 e. The first-order chi connectivity index (χ1) is 8.74. The van der Waals surface area contributed by atoms with Crippen LogP contribution < -0.4 is 11.3 Å². The Hall–Kier alpha value is -0.520. The van der Waals surface area contributed by atoms with Crippen LogP contribution >= 0.6 is 11.8 Å². The average molecular weight is 268 g/mol. The van der Waals surface area contributed by atoms with Crippen molar-refractivity contribution in [3.8, 4) is 0 Å². The average Bonchev–Trinajstić information content (AvgIpc) is 3.05. The van der Waals surface area contributed by atoms with E-state index in [4.69, 9.17) is 5.84 Å². The molecule has 1 fully saturated rings. The molecule has 1 saturated heterocycles. The van der Waals surface area contributed by atoms with Gasteiger partial charge in [-0.05, 0) is 38.0 Å². The number of nitrogens with one attached hydrogen (secondary N) is 1. The van der Waals surface area contributed by atoms with Crippen LogP contribution in [0.4, 0.5) is 0 Å². The van der Waals surface area contributed by atoms with Gasteiger partial charge in [-0.3, -0.25) is 16.0 Å². The zero-order chi connectivity index (χ0) is 13.0. The number of hydrogen-bond donors (Lipinski definition) is 2. The zero-order valence-electron chi connectivity index (χ0n) is 11.3. The molecule has 1 aromatic rings. The molecule has 2 rings (SSSR count). The molecule has 2 heterocycles. The van der Waals surface area contributed by atoms with Gasteiger partial charge in [0.15, 0.2) is 0 Å². The third-order valence-corrected chi connectivity index (χ3v) is 5.28. The van der Waals surface area contributed by atoms with Crippen molar-refractivity contribution in [2.45, 2.75) is 56.9 Å². The van der Waals surface area contributed by atoms with Crippen LogP contribution in [0.25, 0.3) is 0 Å². The molecule has 1 aliphatic heterocycles. The van der Waals surface area contributed by atoms with Gasteiger partial charge in [-0.25, -0.2) is 0 Å². The van der Waals surface area contributed by atoms with Crippen molar-refractivity contribution in [1.29, 1.82) is 0 Å². The van der Waals surface area contributed by atoms with Gasteiger partial charge in [0.05, 0.1) is 5.69 Å². The number of rotatable bonds is 6. The van der Waals surface area contributed by atoms with E-state index in [-0.39, 0.29) is 0 Å². The second-order valence-electron chi connectivity index (χ2n) is 5.07. The highest BCUT2D eigenvalue weighted by Crippen LogP contribution is 2.29. The number of nitrogens with two attached hydrogens (primary N) is 1. The molecule has 102 valence electrons. The predicted molar refractivity (Wildman–Crippen MR) is 77.5 cm³/mol. The van der Waals surface area contributed by atoms with Crippen molar-refractivity contribution >= 4 is 11.8 Å². The largest absolute Gasteiger partial charge is 0.271 e. The molecule has 0 bridgehead atoms. The van der Waals surface area contributed by atoms with Crippen LogP contribution in [0.5, 0.6) is 0 Å². The molecule has 3 unspecified atom stereocenters. The summed E-state index contributed by atoms with van der Waals surface area (Å²) in [6.07, 6.45) is 6.70. The Morgan fingerprint density at radius 3 is 3.11 bits per heavy atom. The second kappa shape index (κ2) is 6.59. The summed E-state index contributed by atoms with van der Waals surface area (Å²) >= 11 is 2.03. The number of hydrogen-bond acceptors (Lipinski definition) is 4. The Balaban J connectivity index is 1.96. The summed E-state index contributed by atoms with van der Waals surface area (Å²) in [4.78, 5) is 0. The molecule has 18 heavy (non-hydrogen) atoms. The molecular weight excluding hydrogens is 244 g/mol. The first kappa shape index (κ1) is 13.9. The molecule has 0 aliphatic carbocycles. The lowest BCUT2D eigenvalue weighted by molar-refractivity contribution is 0.458. The van der Waals surface area contributed by atoms with E-state index in [1.807, 2.05) is 11.8 Å². The second-order valence-corrected chi connectivity index (χ2v) is 6.42. The SMILES string of the molecule is CCC(C)n1ccc(CC(NN)C2CCCS2)n1. The van der Waals surface area contributed by atoms with Crippen molar-refractivity contribution in [3.63, 3.8) is 0 Å². The first-order valence-corrected chi connectivity index (χ1v) is 7.91. The van der Waals surface area contributed by atoms with Crippen LogP contribution in [0.15, 0.2) is 12.3 Å². The van der Waals surface area contributed by atoms with Crippen molar-refractivity contribution in [1.82, 2.24) is 15.2 Å². The summed E-state index contributed by atoms with van der Waals surface area (Å²) in [6, 6.07) is 2.94. The molecule has 3 N–H and O–H groups in total. The standard InChI is InChI=1S/C13H24N4S/c1-3-10(2)17-7-6-11(16-17)9-12(15-14)13-5-4-8-18-13/h6-7,10,12-13,15H,3-5,8-9,14H2,1-2H3. The molecule has 0 amide bonds. The highest BCUT2D eigenvalue weighted by molar-refractivity contribution is 8.00. The van der Waals surface area contributed by atoms with Gasteiger partial charge >= 0.3 is 0 Å². The van der Waals surface area contributed by atoms with Gasteiger partial charge in [-0.2, -0.15) is 16.9 Å². The van der Waals surface area contributed by atoms with Crippen LogP contribution in [-0.2, 0) is 6.42 Å². The van der Waals surface area contributed by atoms with Crippen molar-refractivity contribution < 1.29 is 0 Å². The Kier molecular flexibility index (Phi) is 5.09. The van der Waals surface area contributed by atoms with E-state index in [0.717, 1.165) is 18.5 Å². The van der Waals surface area contributed by atoms with E-state index in [2.05, 4.69) is 41.3 Å². The van der Waals surface area contributed by atoms with Crippen molar-refractivity contribution in [2.75, 3.05) is 5.75 Å². The minimum absolute atomic E-state index is 0.345. The summed E-state index contributed by atoms with van der Waals surface area (Å²) in [5, 5.41) is 5.29.